The van der Waals surface area contributed by atoms with Crippen LogP contribution in [0.25, 0.3) is 0 Å². The molecule has 132 valence electrons. The summed E-state index contributed by atoms with van der Waals surface area (Å²) < 4.78 is 31.0. The van der Waals surface area contributed by atoms with E-state index in [9.17, 15) is 4.39 Å². The van der Waals surface area contributed by atoms with Crippen LogP contribution in [0.4, 0.5) is 4.39 Å². The van der Waals surface area contributed by atoms with Crippen molar-refractivity contribution in [2.24, 2.45) is 0 Å². The molecule has 1 aliphatic rings. The molecule has 1 aliphatic heterocycles. The zero-order chi connectivity index (χ0) is 18.1. The summed E-state index contributed by atoms with van der Waals surface area (Å²) in [5.41, 5.74) is 1.19. The highest BCUT2D eigenvalue weighted by atomic mass is 19.1. The summed E-state index contributed by atoms with van der Waals surface area (Å²) in [5.74, 6) is 0.556. The summed E-state index contributed by atoms with van der Waals surface area (Å²) in [5, 5.41) is 0. The van der Waals surface area contributed by atoms with Crippen molar-refractivity contribution in [1.29, 1.82) is 0 Å². The van der Waals surface area contributed by atoms with Gasteiger partial charge in [-0.15, -0.1) is 0 Å². The van der Waals surface area contributed by atoms with Gasteiger partial charge >= 0.3 is 7.12 Å². The van der Waals surface area contributed by atoms with Gasteiger partial charge in [-0.05, 0) is 63.0 Å². The van der Waals surface area contributed by atoms with Crippen molar-refractivity contribution < 1.29 is 18.4 Å². The average molecular weight is 342 g/mol. The van der Waals surface area contributed by atoms with E-state index in [0.717, 1.165) is 16.8 Å². The Bertz CT molecular complexity index is 712. The molecule has 0 atom stereocenters. The van der Waals surface area contributed by atoms with Crippen molar-refractivity contribution >= 4 is 12.6 Å². The molecule has 25 heavy (non-hydrogen) atoms. The third-order valence-corrected chi connectivity index (χ3v) is 4.95. The largest absolute Gasteiger partial charge is 0.494 e. The minimum Gasteiger partial charge on any atom is -0.493 e. The Kier molecular flexibility index (Phi) is 4.89. The van der Waals surface area contributed by atoms with Gasteiger partial charge in [0, 0.05) is 6.42 Å². The van der Waals surface area contributed by atoms with Gasteiger partial charge in [0.15, 0.2) is 0 Å². The molecule has 2 aromatic carbocycles. The molecular weight excluding hydrogens is 318 g/mol. The van der Waals surface area contributed by atoms with E-state index in [2.05, 4.69) is 0 Å². The molecule has 0 aromatic heterocycles. The molecule has 1 heterocycles. The summed E-state index contributed by atoms with van der Waals surface area (Å²) in [6.45, 7) is 8.65. The van der Waals surface area contributed by atoms with Crippen molar-refractivity contribution in [2.45, 2.75) is 45.3 Å². The summed E-state index contributed by atoms with van der Waals surface area (Å²) >= 11 is 0. The van der Waals surface area contributed by atoms with Crippen molar-refractivity contribution in [3.05, 3.63) is 59.9 Å². The number of benzene rings is 2. The molecule has 0 radical (unpaired) electrons. The van der Waals surface area contributed by atoms with Gasteiger partial charge in [0.05, 0.1) is 17.8 Å². The van der Waals surface area contributed by atoms with Crippen LogP contribution in [0.2, 0.25) is 0 Å². The van der Waals surface area contributed by atoms with Gasteiger partial charge in [-0.3, -0.25) is 0 Å². The van der Waals surface area contributed by atoms with E-state index in [4.69, 9.17) is 14.0 Å². The fourth-order valence-corrected chi connectivity index (χ4v) is 2.68. The van der Waals surface area contributed by atoms with E-state index in [0.29, 0.717) is 13.0 Å². The Morgan fingerprint density at radius 3 is 2.20 bits per heavy atom. The van der Waals surface area contributed by atoms with Gasteiger partial charge in [-0.25, -0.2) is 4.39 Å². The quantitative estimate of drug-likeness (QED) is 0.775. The average Bonchev–Trinajstić information content (AvgIpc) is 2.76. The van der Waals surface area contributed by atoms with E-state index < -0.39 is 0 Å². The molecule has 0 N–H and O–H groups in total. The summed E-state index contributed by atoms with van der Waals surface area (Å²) in [4.78, 5) is 0. The van der Waals surface area contributed by atoms with Gasteiger partial charge in [0.25, 0.3) is 0 Å². The first-order valence-electron chi connectivity index (χ1n) is 8.60. The molecule has 1 fully saturated rings. The van der Waals surface area contributed by atoms with Crippen LogP contribution in [-0.2, 0) is 15.7 Å². The fraction of sp³-hybridized carbons (Fsp3) is 0.400. The number of ether oxygens (including phenoxy) is 1. The number of rotatable bonds is 5. The van der Waals surface area contributed by atoms with Crippen LogP contribution in [0, 0.1) is 5.82 Å². The normalized spacial score (nSPS) is 18.4. The summed E-state index contributed by atoms with van der Waals surface area (Å²) in [6, 6.07) is 14.3. The Morgan fingerprint density at radius 2 is 1.60 bits per heavy atom. The van der Waals surface area contributed by atoms with Gasteiger partial charge in [0.2, 0.25) is 0 Å². The smallest absolute Gasteiger partial charge is 0.493 e. The predicted octanol–water partition coefficient (Wildman–Crippen LogP) is 3.75. The predicted molar refractivity (Wildman–Crippen MR) is 97.8 cm³/mol. The molecule has 0 unspecified atom stereocenters. The van der Waals surface area contributed by atoms with E-state index in [1.807, 2.05) is 58.0 Å². The minimum absolute atomic E-state index is 0.218. The number of hydrogen-bond acceptors (Lipinski definition) is 3. The molecule has 5 heteroatoms. The lowest BCUT2D eigenvalue weighted by molar-refractivity contribution is 0.00578. The first-order chi connectivity index (χ1) is 11.8. The SMILES string of the molecule is CC1(C)OB(c2ccc(OCCc3cccc(F)c3)cc2)OC1(C)C. The van der Waals surface area contributed by atoms with Gasteiger partial charge in [0.1, 0.15) is 11.6 Å². The third-order valence-electron chi connectivity index (χ3n) is 4.95. The molecule has 0 saturated carbocycles. The first-order valence-corrected chi connectivity index (χ1v) is 8.60. The molecule has 0 amide bonds. The third kappa shape index (κ3) is 4.05. The molecule has 2 aromatic rings. The van der Waals surface area contributed by atoms with Crippen LogP contribution >= 0.6 is 0 Å². The van der Waals surface area contributed by atoms with Crippen LogP contribution in [0.15, 0.2) is 48.5 Å². The van der Waals surface area contributed by atoms with E-state index >= 15 is 0 Å². The second-order valence-electron chi connectivity index (χ2n) is 7.39. The zero-order valence-electron chi connectivity index (χ0n) is 15.2. The number of halogens is 1. The molecule has 0 aliphatic carbocycles. The molecule has 3 rings (SSSR count). The zero-order valence-corrected chi connectivity index (χ0v) is 15.2. The Morgan fingerprint density at radius 1 is 0.960 bits per heavy atom. The minimum atomic E-state index is -0.369. The van der Waals surface area contributed by atoms with E-state index in [1.165, 1.54) is 12.1 Å². The Labute approximate surface area is 149 Å². The second-order valence-corrected chi connectivity index (χ2v) is 7.39. The van der Waals surface area contributed by atoms with Gasteiger partial charge < -0.3 is 14.0 Å². The van der Waals surface area contributed by atoms with Crippen LogP contribution in [0.3, 0.4) is 0 Å². The second kappa shape index (κ2) is 6.81. The lowest BCUT2D eigenvalue weighted by Gasteiger charge is -2.32. The fourth-order valence-electron chi connectivity index (χ4n) is 2.68. The maximum atomic E-state index is 13.2. The first kappa shape index (κ1) is 18.0. The molecule has 0 bridgehead atoms. The highest BCUT2D eigenvalue weighted by Crippen LogP contribution is 2.36. The van der Waals surface area contributed by atoms with Crippen molar-refractivity contribution in [1.82, 2.24) is 0 Å². The lowest BCUT2D eigenvalue weighted by Crippen LogP contribution is -2.41. The summed E-state index contributed by atoms with van der Waals surface area (Å²) in [6.07, 6.45) is 0.663. The molecular formula is C20H24BFO3. The van der Waals surface area contributed by atoms with Crippen LogP contribution in [-0.4, -0.2) is 24.9 Å². The molecule has 1 saturated heterocycles. The van der Waals surface area contributed by atoms with Crippen LogP contribution < -0.4 is 10.2 Å². The lowest BCUT2D eigenvalue weighted by atomic mass is 9.79. The monoisotopic (exact) mass is 342 g/mol. The van der Waals surface area contributed by atoms with Gasteiger partial charge in [-0.1, -0.05) is 24.3 Å². The van der Waals surface area contributed by atoms with Crippen molar-refractivity contribution in [2.75, 3.05) is 6.61 Å². The standard InChI is InChI=1S/C20H24BFO3/c1-19(2)20(3,4)25-21(24-19)16-8-10-18(11-9-16)23-13-12-15-6-5-7-17(22)14-15/h5-11,14H,12-13H2,1-4H3. The van der Waals surface area contributed by atoms with E-state index in [1.54, 1.807) is 6.07 Å². The Hall–Kier alpha value is -1.85. The van der Waals surface area contributed by atoms with Crippen LogP contribution in [0.1, 0.15) is 33.3 Å². The van der Waals surface area contributed by atoms with Crippen LogP contribution in [0.5, 0.6) is 5.75 Å². The molecule has 3 nitrogen and oxygen atoms in total. The highest BCUT2D eigenvalue weighted by Gasteiger charge is 2.51. The number of hydrogen-bond donors (Lipinski definition) is 0. The van der Waals surface area contributed by atoms with Crippen molar-refractivity contribution in [3.8, 4) is 5.75 Å². The maximum Gasteiger partial charge on any atom is 0.494 e. The topological polar surface area (TPSA) is 27.7 Å². The van der Waals surface area contributed by atoms with E-state index in [-0.39, 0.29) is 24.1 Å². The Balaban J connectivity index is 1.56. The van der Waals surface area contributed by atoms with Crippen molar-refractivity contribution in [3.63, 3.8) is 0 Å². The highest BCUT2D eigenvalue weighted by molar-refractivity contribution is 6.62. The summed E-state index contributed by atoms with van der Waals surface area (Å²) in [7, 11) is -0.369. The van der Waals surface area contributed by atoms with Gasteiger partial charge in [-0.2, -0.15) is 0 Å². The maximum absolute atomic E-state index is 13.2. The molecule has 0 spiro atoms.